The molecule has 1 saturated heterocycles. The number of hydrogen-bond acceptors (Lipinski definition) is 4. The Labute approximate surface area is 124 Å². The van der Waals surface area contributed by atoms with Gasteiger partial charge in [0.1, 0.15) is 0 Å². The molecule has 3 rings (SSSR count). The van der Waals surface area contributed by atoms with Crippen molar-refractivity contribution in [2.75, 3.05) is 19.8 Å². The molecule has 0 radical (unpaired) electrons. The largest absolute Gasteiger partial charge is 0.388 e. The number of rotatable bonds is 2. The lowest BCUT2D eigenvalue weighted by atomic mass is 9.94. The maximum atomic E-state index is 12.3. The minimum absolute atomic E-state index is 0.0281. The van der Waals surface area contributed by atoms with Gasteiger partial charge < -0.3 is 9.84 Å². The molecule has 0 saturated carbocycles. The average Bonchev–Trinajstić information content (AvgIpc) is 2.64. The number of nitrogens with zero attached hydrogens (tertiary/aromatic N) is 1. The Kier molecular flexibility index (Phi) is 3.40. The minimum atomic E-state index is -1.04. The van der Waals surface area contributed by atoms with Gasteiger partial charge >= 0.3 is 0 Å². The number of hydrogen-bond donors (Lipinski definition) is 1. The van der Waals surface area contributed by atoms with Gasteiger partial charge in [-0.05, 0) is 18.2 Å². The predicted octanol–water partition coefficient (Wildman–Crippen LogP) is 1.59. The molecule has 0 spiro atoms. The zero-order chi connectivity index (χ0) is 14.3. The number of benzene rings is 1. The monoisotopic (exact) mass is 339 g/mol. The van der Waals surface area contributed by atoms with Gasteiger partial charge in [-0.25, -0.2) is 0 Å². The fourth-order valence-corrected chi connectivity index (χ4v) is 2.97. The number of amides is 2. The normalized spacial score (nSPS) is 21.2. The Balaban J connectivity index is 1.86. The maximum Gasteiger partial charge on any atom is 0.261 e. The first-order valence-corrected chi connectivity index (χ1v) is 7.25. The predicted molar refractivity (Wildman–Crippen MR) is 74.5 cm³/mol. The molecule has 0 aliphatic carbocycles. The van der Waals surface area contributed by atoms with E-state index in [4.69, 9.17) is 4.74 Å². The number of halogens is 1. The van der Waals surface area contributed by atoms with Crippen LogP contribution in [0.1, 0.15) is 33.6 Å². The van der Waals surface area contributed by atoms with Crippen LogP contribution < -0.4 is 0 Å². The first-order chi connectivity index (χ1) is 9.50. The second-order valence-corrected chi connectivity index (χ2v) is 6.14. The fraction of sp³-hybridized carbons (Fsp3) is 0.429. The molecule has 2 aliphatic heterocycles. The molecular formula is C14H14BrNO4. The summed E-state index contributed by atoms with van der Waals surface area (Å²) in [6, 6.07) is 5.01. The van der Waals surface area contributed by atoms with Crippen LogP contribution in [0.15, 0.2) is 22.7 Å². The van der Waals surface area contributed by atoms with E-state index < -0.39 is 5.60 Å². The van der Waals surface area contributed by atoms with Gasteiger partial charge in [-0.2, -0.15) is 0 Å². The number of aliphatic hydroxyl groups is 1. The van der Waals surface area contributed by atoms with Gasteiger partial charge in [0.15, 0.2) is 0 Å². The molecule has 0 unspecified atom stereocenters. The number of imide groups is 1. The zero-order valence-electron chi connectivity index (χ0n) is 10.8. The summed E-state index contributed by atoms with van der Waals surface area (Å²) in [6.45, 7) is 0.927. The van der Waals surface area contributed by atoms with Gasteiger partial charge in [0.2, 0.25) is 0 Å². The highest BCUT2D eigenvalue weighted by Crippen LogP contribution is 2.29. The smallest absolute Gasteiger partial charge is 0.261 e. The Bertz CT molecular complexity index is 581. The van der Waals surface area contributed by atoms with E-state index in [0.29, 0.717) is 37.2 Å². The van der Waals surface area contributed by atoms with Crippen LogP contribution in [0.2, 0.25) is 0 Å². The molecule has 0 atom stereocenters. The van der Waals surface area contributed by atoms with Crippen LogP contribution in [0.4, 0.5) is 0 Å². The molecular weight excluding hydrogens is 326 g/mol. The van der Waals surface area contributed by atoms with Crippen LogP contribution in [0.3, 0.4) is 0 Å². The van der Waals surface area contributed by atoms with E-state index >= 15 is 0 Å². The highest BCUT2D eigenvalue weighted by molar-refractivity contribution is 9.10. The molecule has 106 valence electrons. The highest BCUT2D eigenvalue weighted by atomic mass is 79.9. The molecule has 2 aliphatic rings. The minimum Gasteiger partial charge on any atom is -0.388 e. The SMILES string of the molecule is O=C1c2ccc(Br)cc2C(=O)N1CC1(O)CCOCC1. The van der Waals surface area contributed by atoms with Crippen LogP contribution >= 0.6 is 15.9 Å². The first-order valence-electron chi connectivity index (χ1n) is 6.46. The number of fused-ring (bicyclic) bond motifs is 1. The van der Waals surface area contributed by atoms with Gasteiger partial charge in [0, 0.05) is 30.5 Å². The molecule has 1 aromatic carbocycles. The molecule has 1 N–H and O–H groups in total. The molecule has 20 heavy (non-hydrogen) atoms. The van der Waals surface area contributed by atoms with E-state index in [1.54, 1.807) is 18.2 Å². The Hall–Kier alpha value is -1.24. The van der Waals surface area contributed by atoms with E-state index in [9.17, 15) is 14.7 Å². The average molecular weight is 340 g/mol. The van der Waals surface area contributed by atoms with Crippen molar-refractivity contribution in [2.45, 2.75) is 18.4 Å². The Morgan fingerprint density at radius 3 is 2.55 bits per heavy atom. The van der Waals surface area contributed by atoms with Crippen LogP contribution in [0, 0.1) is 0 Å². The van der Waals surface area contributed by atoms with Gasteiger partial charge in [-0.3, -0.25) is 14.5 Å². The van der Waals surface area contributed by atoms with E-state index in [2.05, 4.69) is 15.9 Å². The number of ether oxygens (including phenoxy) is 1. The lowest BCUT2D eigenvalue weighted by Crippen LogP contribution is -2.48. The summed E-state index contributed by atoms with van der Waals surface area (Å²) in [5.74, 6) is -0.677. The van der Waals surface area contributed by atoms with Crippen molar-refractivity contribution in [3.63, 3.8) is 0 Å². The standard InChI is InChI=1S/C14H14BrNO4/c15-9-1-2-10-11(7-9)13(18)16(12(10)17)8-14(19)3-5-20-6-4-14/h1-2,7,19H,3-6,8H2. The third-order valence-corrected chi connectivity index (χ3v) is 4.30. The second kappa shape index (κ2) is 4.95. The molecule has 0 bridgehead atoms. The van der Waals surface area contributed by atoms with Crippen molar-refractivity contribution in [1.82, 2.24) is 4.90 Å². The quantitative estimate of drug-likeness (QED) is 0.831. The van der Waals surface area contributed by atoms with E-state index in [-0.39, 0.29) is 18.4 Å². The summed E-state index contributed by atoms with van der Waals surface area (Å²) in [5, 5.41) is 10.5. The van der Waals surface area contributed by atoms with Crippen molar-refractivity contribution in [2.24, 2.45) is 0 Å². The maximum absolute atomic E-state index is 12.3. The topological polar surface area (TPSA) is 66.8 Å². The van der Waals surface area contributed by atoms with Gasteiger partial charge in [-0.1, -0.05) is 15.9 Å². The number of carbonyl (C=O) groups excluding carboxylic acids is 2. The van der Waals surface area contributed by atoms with Crippen molar-refractivity contribution in [3.05, 3.63) is 33.8 Å². The van der Waals surface area contributed by atoms with E-state index in [1.165, 1.54) is 0 Å². The van der Waals surface area contributed by atoms with Gasteiger partial charge in [0.25, 0.3) is 11.8 Å². The van der Waals surface area contributed by atoms with E-state index in [0.717, 1.165) is 9.37 Å². The molecule has 0 aromatic heterocycles. The van der Waals surface area contributed by atoms with Crippen molar-refractivity contribution in [3.8, 4) is 0 Å². The van der Waals surface area contributed by atoms with Crippen LogP contribution in [-0.4, -0.2) is 47.2 Å². The second-order valence-electron chi connectivity index (χ2n) is 5.22. The Morgan fingerprint density at radius 1 is 1.20 bits per heavy atom. The van der Waals surface area contributed by atoms with E-state index in [1.807, 2.05) is 0 Å². The van der Waals surface area contributed by atoms with Crippen molar-refractivity contribution < 1.29 is 19.4 Å². The summed E-state index contributed by atoms with van der Waals surface area (Å²) in [6.07, 6.45) is 0.869. The third kappa shape index (κ3) is 2.28. The molecule has 2 heterocycles. The van der Waals surface area contributed by atoms with Crippen LogP contribution in [-0.2, 0) is 4.74 Å². The third-order valence-electron chi connectivity index (χ3n) is 3.81. The van der Waals surface area contributed by atoms with Gasteiger partial charge in [0.05, 0.1) is 23.3 Å². The number of β-amino-alcohol motifs (C(OH)–C–C–N with tert-alkyl or cyclic N) is 1. The lowest BCUT2D eigenvalue weighted by molar-refractivity contribution is -0.0722. The van der Waals surface area contributed by atoms with Gasteiger partial charge in [-0.15, -0.1) is 0 Å². The summed E-state index contributed by atoms with van der Waals surface area (Å²) < 4.78 is 5.96. The Morgan fingerprint density at radius 2 is 1.85 bits per heavy atom. The lowest BCUT2D eigenvalue weighted by Gasteiger charge is -2.34. The fourth-order valence-electron chi connectivity index (χ4n) is 2.61. The van der Waals surface area contributed by atoms with Crippen molar-refractivity contribution >= 4 is 27.7 Å². The first kappa shape index (κ1) is 13.7. The van der Waals surface area contributed by atoms with Crippen LogP contribution in [0.5, 0.6) is 0 Å². The summed E-state index contributed by atoms with van der Waals surface area (Å²) >= 11 is 3.29. The molecule has 1 aromatic rings. The number of carbonyl (C=O) groups is 2. The zero-order valence-corrected chi connectivity index (χ0v) is 12.4. The molecule has 5 nitrogen and oxygen atoms in total. The molecule has 1 fully saturated rings. The highest BCUT2D eigenvalue weighted by Gasteiger charge is 2.41. The summed E-state index contributed by atoms with van der Waals surface area (Å²) in [4.78, 5) is 25.7. The molecule has 6 heteroatoms. The van der Waals surface area contributed by atoms with Crippen LogP contribution in [0.25, 0.3) is 0 Å². The summed E-state index contributed by atoms with van der Waals surface area (Å²) in [7, 11) is 0. The van der Waals surface area contributed by atoms with Crippen molar-refractivity contribution in [1.29, 1.82) is 0 Å². The molecule has 2 amide bonds. The summed E-state index contributed by atoms with van der Waals surface area (Å²) in [5.41, 5.74) is -0.253.